The highest BCUT2D eigenvalue weighted by atomic mass is 19.1. The molecule has 4 nitrogen and oxygen atoms in total. The molecule has 2 aromatic carbocycles. The fraction of sp³-hybridized carbons (Fsp3) is 0.286. The molecule has 1 fully saturated rings. The molecule has 2 N–H and O–H groups in total. The van der Waals surface area contributed by atoms with E-state index in [1.165, 1.54) is 6.07 Å². The van der Waals surface area contributed by atoms with Crippen LogP contribution in [0, 0.1) is 11.7 Å². The van der Waals surface area contributed by atoms with Crippen molar-refractivity contribution in [3.05, 3.63) is 71.7 Å². The number of fused-ring (bicyclic) bond motifs is 1. The van der Waals surface area contributed by atoms with Crippen LogP contribution in [0.25, 0.3) is 10.9 Å². The molecule has 1 unspecified atom stereocenters. The van der Waals surface area contributed by atoms with Crippen LogP contribution in [-0.4, -0.2) is 34.0 Å². The van der Waals surface area contributed by atoms with Gasteiger partial charge in [0.2, 0.25) is 0 Å². The first-order valence-corrected chi connectivity index (χ1v) is 8.93. The van der Waals surface area contributed by atoms with Crippen LogP contribution in [0.5, 0.6) is 0 Å². The van der Waals surface area contributed by atoms with Gasteiger partial charge in [-0.05, 0) is 42.5 Å². The molecule has 0 spiro atoms. The lowest BCUT2D eigenvalue weighted by atomic mass is 9.87. The summed E-state index contributed by atoms with van der Waals surface area (Å²) >= 11 is 0. The van der Waals surface area contributed by atoms with E-state index in [1.54, 1.807) is 23.1 Å². The molecule has 4 rings (SSSR count). The Labute approximate surface area is 151 Å². The molecule has 1 aromatic heterocycles. The molecule has 2 heterocycles. The van der Waals surface area contributed by atoms with Crippen molar-refractivity contribution in [1.82, 2.24) is 9.88 Å². The van der Waals surface area contributed by atoms with Gasteiger partial charge in [0.25, 0.3) is 5.91 Å². The van der Waals surface area contributed by atoms with E-state index in [0.717, 1.165) is 18.4 Å². The minimum absolute atomic E-state index is 0.117. The first kappa shape index (κ1) is 16.8. The quantitative estimate of drug-likeness (QED) is 0.751. The first-order chi connectivity index (χ1) is 12.6. The summed E-state index contributed by atoms with van der Waals surface area (Å²) in [6.07, 6.45) is 0.989. The number of piperidine rings is 1. The van der Waals surface area contributed by atoms with E-state index in [0.29, 0.717) is 29.7 Å². The van der Waals surface area contributed by atoms with Crippen molar-refractivity contribution in [2.75, 3.05) is 13.1 Å². The van der Waals surface area contributed by atoms with E-state index < -0.39 is 6.10 Å². The number of H-pyrrole nitrogens is 1. The van der Waals surface area contributed by atoms with Crippen molar-refractivity contribution in [3.8, 4) is 0 Å². The fourth-order valence-electron chi connectivity index (χ4n) is 3.74. The molecule has 1 saturated heterocycles. The van der Waals surface area contributed by atoms with Gasteiger partial charge in [0, 0.05) is 24.0 Å². The second kappa shape index (κ2) is 6.92. The molecule has 0 aliphatic carbocycles. The third-order valence-electron chi connectivity index (χ3n) is 5.26. The van der Waals surface area contributed by atoms with E-state index in [4.69, 9.17) is 0 Å². The minimum atomic E-state index is -0.504. The summed E-state index contributed by atoms with van der Waals surface area (Å²) in [6.45, 7) is 1.18. The lowest BCUT2D eigenvalue weighted by molar-refractivity contribution is 0.0459. The standard InChI is InChI=1S/C21H21FN2O2/c22-17-7-4-8-18-16(17)13-19(23-18)21(26)24-11-9-15(10-12-24)20(25)14-5-2-1-3-6-14/h1-8,13,15,20,23,25H,9-12H2. The number of hydrogen-bond acceptors (Lipinski definition) is 2. The second-order valence-electron chi connectivity index (χ2n) is 6.87. The van der Waals surface area contributed by atoms with Crippen molar-refractivity contribution >= 4 is 16.8 Å². The van der Waals surface area contributed by atoms with Crippen molar-refractivity contribution in [2.24, 2.45) is 5.92 Å². The maximum atomic E-state index is 13.8. The van der Waals surface area contributed by atoms with Crippen LogP contribution >= 0.6 is 0 Å². The van der Waals surface area contributed by atoms with Crippen molar-refractivity contribution in [3.63, 3.8) is 0 Å². The molecule has 1 aliphatic heterocycles. The second-order valence-corrected chi connectivity index (χ2v) is 6.87. The van der Waals surface area contributed by atoms with E-state index in [9.17, 15) is 14.3 Å². The van der Waals surface area contributed by atoms with E-state index in [-0.39, 0.29) is 17.6 Å². The van der Waals surface area contributed by atoms with E-state index >= 15 is 0 Å². The van der Waals surface area contributed by atoms with Gasteiger partial charge in [-0.1, -0.05) is 36.4 Å². The Bertz CT molecular complexity index is 914. The van der Waals surface area contributed by atoms with Crippen LogP contribution in [0.1, 0.15) is 35.0 Å². The number of halogens is 1. The van der Waals surface area contributed by atoms with Crippen LogP contribution in [0.3, 0.4) is 0 Å². The van der Waals surface area contributed by atoms with Gasteiger partial charge in [-0.15, -0.1) is 0 Å². The van der Waals surface area contributed by atoms with Gasteiger partial charge in [0.05, 0.1) is 6.10 Å². The maximum Gasteiger partial charge on any atom is 0.270 e. The molecule has 26 heavy (non-hydrogen) atoms. The van der Waals surface area contributed by atoms with Gasteiger partial charge in [0.15, 0.2) is 0 Å². The number of aromatic amines is 1. The summed E-state index contributed by atoms with van der Waals surface area (Å²) in [5, 5.41) is 11.0. The Kier molecular flexibility index (Phi) is 4.47. The number of carbonyl (C=O) groups is 1. The SMILES string of the molecule is O=C(c1cc2c(F)cccc2[nH]1)N1CCC(C(O)c2ccccc2)CC1. The number of amides is 1. The minimum Gasteiger partial charge on any atom is -0.388 e. The number of nitrogens with one attached hydrogen (secondary N) is 1. The third-order valence-corrected chi connectivity index (χ3v) is 5.26. The molecular weight excluding hydrogens is 331 g/mol. The van der Waals surface area contributed by atoms with Gasteiger partial charge in [-0.2, -0.15) is 0 Å². The third kappa shape index (κ3) is 3.10. The van der Waals surface area contributed by atoms with Crippen LogP contribution < -0.4 is 0 Å². The van der Waals surface area contributed by atoms with E-state index in [2.05, 4.69) is 4.98 Å². The Balaban J connectivity index is 1.44. The monoisotopic (exact) mass is 352 g/mol. The predicted octanol–water partition coefficient (Wildman–Crippen LogP) is 3.89. The molecule has 134 valence electrons. The number of benzene rings is 2. The number of aliphatic hydroxyl groups excluding tert-OH is 1. The molecule has 5 heteroatoms. The van der Waals surface area contributed by atoms with E-state index in [1.807, 2.05) is 30.3 Å². The molecule has 3 aromatic rings. The summed E-state index contributed by atoms with van der Waals surface area (Å²) < 4.78 is 13.8. The summed E-state index contributed by atoms with van der Waals surface area (Å²) in [6, 6.07) is 16.0. The molecule has 0 radical (unpaired) electrons. The molecule has 1 amide bonds. The Morgan fingerprint density at radius 1 is 1.12 bits per heavy atom. The highest BCUT2D eigenvalue weighted by molar-refractivity contribution is 5.98. The van der Waals surface area contributed by atoms with Gasteiger partial charge in [-0.25, -0.2) is 4.39 Å². The summed E-state index contributed by atoms with van der Waals surface area (Å²) in [4.78, 5) is 17.5. The van der Waals surface area contributed by atoms with Crippen molar-refractivity contribution in [1.29, 1.82) is 0 Å². The van der Waals surface area contributed by atoms with Crippen LogP contribution in [0.15, 0.2) is 54.6 Å². The zero-order chi connectivity index (χ0) is 18.1. The Morgan fingerprint density at radius 2 is 1.85 bits per heavy atom. The lowest BCUT2D eigenvalue weighted by Gasteiger charge is -2.34. The first-order valence-electron chi connectivity index (χ1n) is 8.93. The average Bonchev–Trinajstić information content (AvgIpc) is 3.13. The normalized spacial score (nSPS) is 16.8. The summed E-state index contributed by atoms with van der Waals surface area (Å²) in [5.41, 5.74) is 1.96. The van der Waals surface area contributed by atoms with Gasteiger partial charge >= 0.3 is 0 Å². The Morgan fingerprint density at radius 3 is 2.54 bits per heavy atom. The van der Waals surface area contributed by atoms with Gasteiger partial charge < -0.3 is 15.0 Å². The number of carbonyl (C=O) groups excluding carboxylic acids is 1. The highest BCUT2D eigenvalue weighted by Gasteiger charge is 2.29. The molecule has 1 atom stereocenters. The number of aromatic nitrogens is 1. The van der Waals surface area contributed by atoms with Gasteiger partial charge in [0.1, 0.15) is 11.5 Å². The average molecular weight is 352 g/mol. The topological polar surface area (TPSA) is 56.3 Å². The molecule has 1 aliphatic rings. The predicted molar refractivity (Wildman–Crippen MR) is 98.3 cm³/mol. The lowest BCUT2D eigenvalue weighted by Crippen LogP contribution is -2.39. The molecule has 0 bridgehead atoms. The zero-order valence-electron chi connectivity index (χ0n) is 14.4. The number of likely N-dealkylation sites (tertiary alicyclic amines) is 1. The Hall–Kier alpha value is -2.66. The number of hydrogen-bond donors (Lipinski definition) is 2. The van der Waals surface area contributed by atoms with Crippen LogP contribution in [0.2, 0.25) is 0 Å². The number of rotatable bonds is 3. The zero-order valence-corrected chi connectivity index (χ0v) is 14.4. The molecule has 0 saturated carbocycles. The molecular formula is C21H21FN2O2. The number of nitrogens with zero attached hydrogens (tertiary/aromatic N) is 1. The largest absolute Gasteiger partial charge is 0.388 e. The van der Waals surface area contributed by atoms with Crippen LogP contribution in [-0.2, 0) is 0 Å². The maximum absolute atomic E-state index is 13.8. The fourth-order valence-corrected chi connectivity index (χ4v) is 3.74. The van der Waals surface area contributed by atoms with Gasteiger partial charge in [-0.3, -0.25) is 4.79 Å². The van der Waals surface area contributed by atoms with Crippen molar-refractivity contribution in [2.45, 2.75) is 18.9 Å². The van der Waals surface area contributed by atoms with Crippen LogP contribution in [0.4, 0.5) is 4.39 Å². The summed E-state index contributed by atoms with van der Waals surface area (Å²) in [5.74, 6) is -0.308. The summed E-state index contributed by atoms with van der Waals surface area (Å²) in [7, 11) is 0. The number of aliphatic hydroxyl groups is 1. The highest BCUT2D eigenvalue weighted by Crippen LogP contribution is 2.31. The van der Waals surface area contributed by atoms with Crippen molar-refractivity contribution < 1.29 is 14.3 Å². The smallest absolute Gasteiger partial charge is 0.270 e.